The van der Waals surface area contributed by atoms with Crippen LogP contribution >= 0.6 is 0 Å². The zero-order valence-electron chi connectivity index (χ0n) is 10.1. The Morgan fingerprint density at radius 3 is 2.59 bits per heavy atom. The van der Waals surface area contributed by atoms with Crippen LogP contribution < -0.4 is 10.5 Å². The maximum atomic E-state index is 5.71. The third-order valence-electron chi connectivity index (χ3n) is 2.73. The first-order chi connectivity index (χ1) is 8.26. The van der Waals surface area contributed by atoms with Crippen LogP contribution in [0.3, 0.4) is 0 Å². The molecule has 0 atom stereocenters. The molecule has 17 heavy (non-hydrogen) atoms. The molecule has 1 aromatic heterocycles. The number of hydrogen-bond acceptors (Lipinski definition) is 3. The number of benzene rings is 1. The first-order valence-electron chi connectivity index (χ1n) is 5.65. The number of rotatable bonds is 3. The lowest BCUT2D eigenvalue weighted by molar-refractivity contribution is 0.416. The molecule has 0 fully saturated rings. The van der Waals surface area contributed by atoms with Crippen LogP contribution in [0, 0.1) is 0 Å². The predicted octanol–water partition coefficient (Wildman–Crippen LogP) is 2.90. The van der Waals surface area contributed by atoms with Crippen LogP contribution in [0.1, 0.15) is 12.6 Å². The standard InChI is InChI=1S/C14H16N2O/c1-3-12-10(8-9-14(15)16-12)11-6-4-5-7-13(11)17-2/h4-9H,3H2,1-2H3,(H2,15,16). The highest BCUT2D eigenvalue weighted by molar-refractivity contribution is 5.73. The third-order valence-corrected chi connectivity index (χ3v) is 2.73. The topological polar surface area (TPSA) is 48.1 Å². The number of nitrogens with two attached hydrogens (primary N) is 1. The molecule has 0 bridgehead atoms. The number of hydrogen-bond donors (Lipinski definition) is 1. The summed E-state index contributed by atoms with van der Waals surface area (Å²) in [5.41, 5.74) is 8.84. The molecular weight excluding hydrogens is 212 g/mol. The van der Waals surface area contributed by atoms with Crippen LogP contribution in [0.15, 0.2) is 36.4 Å². The summed E-state index contributed by atoms with van der Waals surface area (Å²) in [6.45, 7) is 2.07. The van der Waals surface area contributed by atoms with Crippen LogP contribution in [0.2, 0.25) is 0 Å². The van der Waals surface area contributed by atoms with Gasteiger partial charge in [-0.1, -0.05) is 25.1 Å². The molecule has 2 aromatic rings. The minimum atomic E-state index is 0.556. The molecule has 3 heteroatoms. The van der Waals surface area contributed by atoms with E-state index in [4.69, 9.17) is 10.5 Å². The fraction of sp³-hybridized carbons (Fsp3) is 0.214. The van der Waals surface area contributed by atoms with Crippen molar-refractivity contribution in [2.24, 2.45) is 0 Å². The largest absolute Gasteiger partial charge is 0.496 e. The maximum Gasteiger partial charge on any atom is 0.126 e. The molecule has 3 nitrogen and oxygen atoms in total. The molecule has 0 aliphatic carbocycles. The lowest BCUT2D eigenvalue weighted by atomic mass is 10.0. The Bertz CT molecular complexity index is 523. The van der Waals surface area contributed by atoms with Crippen LogP contribution in [0.5, 0.6) is 5.75 Å². The van der Waals surface area contributed by atoms with E-state index >= 15 is 0 Å². The number of nitrogen functional groups attached to an aromatic ring is 1. The molecule has 0 aliphatic rings. The van der Waals surface area contributed by atoms with E-state index < -0.39 is 0 Å². The molecule has 1 heterocycles. The van der Waals surface area contributed by atoms with E-state index in [1.807, 2.05) is 36.4 Å². The second kappa shape index (κ2) is 4.87. The van der Waals surface area contributed by atoms with Crippen molar-refractivity contribution in [1.82, 2.24) is 4.98 Å². The number of para-hydroxylation sites is 1. The molecule has 0 amide bonds. The summed E-state index contributed by atoms with van der Waals surface area (Å²) in [7, 11) is 1.68. The van der Waals surface area contributed by atoms with E-state index in [1.54, 1.807) is 7.11 Å². The van der Waals surface area contributed by atoms with Crippen molar-refractivity contribution in [1.29, 1.82) is 0 Å². The van der Waals surface area contributed by atoms with Crippen LogP contribution in [0.4, 0.5) is 5.82 Å². The Morgan fingerprint density at radius 1 is 1.12 bits per heavy atom. The van der Waals surface area contributed by atoms with Crippen molar-refractivity contribution in [3.63, 3.8) is 0 Å². The molecule has 2 N–H and O–H groups in total. The molecule has 0 radical (unpaired) electrons. The smallest absolute Gasteiger partial charge is 0.126 e. The third kappa shape index (κ3) is 2.23. The monoisotopic (exact) mass is 228 g/mol. The van der Waals surface area contributed by atoms with Gasteiger partial charge in [-0.25, -0.2) is 4.98 Å². The average Bonchev–Trinajstić information content (AvgIpc) is 2.38. The number of methoxy groups -OCH3 is 1. The second-order valence-corrected chi connectivity index (χ2v) is 3.78. The van der Waals surface area contributed by atoms with Crippen molar-refractivity contribution in [2.75, 3.05) is 12.8 Å². The van der Waals surface area contributed by atoms with Crippen molar-refractivity contribution < 1.29 is 4.74 Å². The van der Waals surface area contributed by atoms with E-state index in [0.717, 1.165) is 29.0 Å². The first-order valence-corrected chi connectivity index (χ1v) is 5.65. The van der Waals surface area contributed by atoms with Gasteiger partial charge in [-0.3, -0.25) is 0 Å². The number of pyridine rings is 1. The first kappa shape index (κ1) is 11.5. The number of ether oxygens (including phenoxy) is 1. The average molecular weight is 228 g/mol. The van der Waals surface area contributed by atoms with E-state index in [0.29, 0.717) is 5.82 Å². The minimum absolute atomic E-state index is 0.556. The van der Waals surface area contributed by atoms with Gasteiger partial charge in [0.15, 0.2) is 0 Å². The molecule has 2 rings (SSSR count). The fourth-order valence-electron chi connectivity index (χ4n) is 1.90. The summed E-state index contributed by atoms with van der Waals surface area (Å²) in [4.78, 5) is 4.37. The molecular formula is C14H16N2O. The number of anilines is 1. The molecule has 0 saturated carbocycles. The van der Waals surface area contributed by atoms with Gasteiger partial charge in [0.05, 0.1) is 12.8 Å². The lowest BCUT2D eigenvalue weighted by Gasteiger charge is -2.11. The maximum absolute atomic E-state index is 5.71. The van der Waals surface area contributed by atoms with E-state index in [2.05, 4.69) is 11.9 Å². The van der Waals surface area contributed by atoms with E-state index in [9.17, 15) is 0 Å². The normalized spacial score (nSPS) is 10.2. The summed E-state index contributed by atoms with van der Waals surface area (Å²) in [5.74, 6) is 1.41. The number of aryl methyl sites for hydroxylation is 1. The van der Waals surface area contributed by atoms with Gasteiger partial charge < -0.3 is 10.5 Å². The highest BCUT2D eigenvalue weighted by Crippen LogP contribution is 2.31. The summed E-state index contributed by atoms with van der Waals surface area (Å²) in [6, 6.07) is 11.8. The van der Waals surface area contributed by atoms with Gasteiger partial charge in [0, 0.05) is 11.1 Å². The Morgan fingerprint density at radius 2 is 1.88 bits per heavy atom. The van der Waals surface area contributed by atoms with Gasteiger partial charge in [0.25, 0.3) is 0 Å². The molecule has 0 aliphatic heterocycles. The van der Waals surface area contributed by atoms with Gasteiger partial charge in [0.1, 0.15) is 11.6 Å². The molecule has 1 aromatic carbocycles. The van der Waals surface area contributed by atoms with Crippen molar-refractivity contribution in [2.45, 2.75) is 13.3 Å². The van der Waals surface area contributed by atoms with Gasteiger partial charge in [-0.05, 0) is 24.6 Å². The SMILES string of the molecule is CCc1nc(N)ccc1-c1ccccc1OC. The zero-order valence-corrected chi connectivity index (χ0v) is 10.1. The van der Waals surface area contributed by atoms with Crippen molar-refractivity contribution in [3.05, 3.63) is 42.1 Å². The van der Waals surface area contributed by atoms with Gasteiger partial charge in [-0.15, -0.1) is 0 Å². The van der Waals surface area contributed by atoms with Crippen LogP contribution in [-0.4, -0.2) is 12.1 Å². The highest BCUT2D eigenvalue weighted by atomic mass is 16.5. The Balaban J connectivity index is 2.59. The molecule has 88 valence electrons. The summed E-state index contributed by atoms with van der Waals surface area (Å²) in [5, 5.41) is 0. The summed E-state index contributed by atoms with van der Waals surface area (Å²) >= 11 is 0. The molecule has 0 saturated heterocycles. The number of aromatic nitrogens is 1. The van der Waals surface area contributed by atoms with E-state index in [-0.39, 0.29) is 0 Å². The van der Waals surface area contributed by atoms with Gasteiger partial charge >= 0.3 is 0 Å². The van der Waals surface area contributed by atoms with Gasteiger partial charge in [0.2, 0.25) is 0 Å². The lowest BCUT2D eigenvalue weighted by Crippen LogP contribution is -1.98. The highest BCUT2D eigenvalue weighted by Gasteiger charge is 2.09. The summed E-state index contributed by atoms with van der Waals surface area (Å²) in [6.07, 6.45) is 0.846. The molecule has 0 unspecified atom stereocenters. The number of nitrogens with zero attached hydrogens (tertiary/aromatic N) is 1. The Kier molecular flexibility index (Phi) is 3.28. The second-order valence-electron chi connectivity index (χ2n) is 3.78. The van der Waals surface area contributed by atoms with Crippen LogP contribution in [-0.2, 0) is 6.42 Å². The quantitative estimate of drug-likeness (QED) is 0.878. The zero-order chi connectivity index (χ0) is 12.3. The Labute approximate surface area is 101 Å². The van der Waals surface area contributed by atoms with E-state index in [1.165, 1.54) is 0 Å². The Hall–Kier alpha value is -2.03. The van der Waals surface area contributed by atoms with Crippen LogP contribution in [0.25, 0.3) is 11.1 Å². The molecule has 0 spiro atoms. The van der Waals surface area contributed by atoms with Gasteiger partial charge in [-0.2, -0.15) is 0 Å². The predicted molar refractivity (Wildman–Crippen MR) is 70.0 cm³/mol. The van der Waals surface area contributed by atoms with Crippen molar-refractivity contribution in [3.8, 4) is 16.9 Å². The fourth-order valence-corrected chi connectivity index (χ4v) is 1.90. The summed E-state index contributed by atoms with van der Waals surface area (Å²) < 4.78 is 5.37. The minimum Gasteiger partial charge on any atom is -0.496 e. The van der Waals surface area contributed by atoms with Crippen molar-refractivity contribution >= 4 is 5.82 Å².